The summed E-state index contributed by atoms with van der Waals surface area (Å²) in [4.78, 5) is 2.32. The third kappa shape index (κ3) is 2.09. The van der Waals surface area contributed by atoms with E-state index in [2.05, 4.69) is 11.8 Å². The molecule has 5 aliphatic carbocycles. The average molecular weight is 468 g/mol. The number of aliphatic hydroxyl groups is 3. The maximum atomic E-state index is 13.0. The van der Waals surface area contributed by atoms with E-state index in [1.165, 1.54) is 0 Å². The summed E-state index contributed by atoms with van der Waals surface area (Å²) in [7, 11) is 6.75. The van der Waals surface area contributed by atoms with Gasteiger partial charge < -0.3 is 34.3 Å². The Kier molecular flexibility index (Phi) is 4.84. The van der Waals surface area contributed by atoms with E-state index in [0.717, 1.165) is 25.9 Å². The Balaban J connectivity index is 1.70. The molecule has 6 aliphatic rings. The van der Waals surface area contributed by atoms with Gasteiger partial charge in [-0.15, -0.1) is 0 Å². The van der Waals surface area contributed by atoms with E-state index in [-0.39, 0.29) is 29.3 Å². The molecule has 1 spiro atoms. The van der Waals surface area contributed by atoms with Crippen LogP contribution in [-0.4, -0.2) is 110 Å². The first-order chi connectivity index (χ1) is 15.7. The van der Waals surface area contributed by atoms with Crippen LogP contribution in [0.25, 0.3) is 0 Å². The van der Waals surface area contributed by atoms with E-state index >= 15 is 0 Å². The van der Waals surface area contributed by atoms with E-state index in [9.17, 15) is 15.3 Å². The van der Waals surface area contributed by atoms with Crippen LogP contribution in [0.2, 0.25) is 0 Å². The molecule has 0 aromatic rings. The van der Waals surface area contributed by atoms with Crippen LogP contribution in [0.5, 0.6) is 0 Å². The lowest BCUT2D eigenvalue weighted by atomic mass is 9.41. The lowest BCUT2D eigenvalue weighted by Crippen LogP contribution is -2.86. The smallest absolute Gasteiger partial charge is 0.138 e. The number of nitrogens with zero attached hydrogens (tertiary/aromatic N) is 1. The van der Waals surface area contributed by atoms with Gasteiger partial charge in [-0.3, -0.25) is 4.90 Å². The number of methoxy groups -OCH3 is 4. The zero-order valence-corrected chi connectivity index (χ0v) is 20.6. The largest absolute Gasteiger partial charge is 0.392 e. The van der Waals surface area contributed by atoms with Crippen LogP contribution >= 0.6 is 0 Å². The number of hydrogen-bond acceptors (Lipinski definition) is 8. The van der Waals surface area contributed by atoms with Crippen LogP contribution in [0.3, 0.4) is 0 Å². The normalized spacial score (nSPS) is 60.9. The van der Waals surface area contributed by atoms with Crippen molar-refractivity contribution in [3.8, 4) is 0 Å². The minimum atomic E-state index is -1.61. The predicted molar refractivity (Wildman–Crippen MR) is 119 cm³/mol. The Morgan fingerprint density at radius 1 is 1.06 bits per heavy atom. The summed E-state index contributed by atoms with van der Waals surface area (Å²) in [5.74, 6) is -0.0235. The molecule has 1 heterocycles. The quantitative estimate of drug-likeness (QED) is 0.517. The molecule has 0 aromatic heterocycles. The van der Waals surface area contributed by atoms with Crippen LogP contribution in [-0.2, 0) is 18.9 Å². The lowest BCUT2D eigenvalue weighted by Gasteiger charge is -2.71. The fourth-order valence-corrected chi connectivity index (χ4v) is 11.0. The third-order valence-corrected chi connectivity index (χ3v) is 11.6. The molecule has 6 rings (SSSR count). The molecule has 1 saturated heterocycles. The van der Waals surface area contributed by atoms with Crippen LogP contribution in [0.1, 0.15) is 39.0 Å². The second-order valence-electron chi connectivity index (χ2n) is 12.0. The van der Waals surface area contributed by atoms with Crippen LogP contribution in [0, 0.1) is 28.6 Å². The van der Waals surface area contributed by atoms with Crippen molar-refractivity contribution in [3.63, 3.8) is 0 Å². The number of likely N-dealkylation sites (N-methyl/N-ethyl adjacent to an activating group) is 1. The molecule has 3 N–H and O–H groups in total. The van der Waals surface area contributed by atoms with Gasteiger partial charge in [-0.25, -0.2) is 0 Å². The van der Waals surface area contributed by atoms with E-state index in [0.29, 0.717) is 25.9 Å². The molecule has 1 aliphatic heterocycles. The molecule has 8 heteroatoms. The van der Waals surface area contributed by atoms with Crippen molar-refractivity contribution < 1.29 is 34.3 Å². The summed E-state index contributed by atoms with van der Waals surface area (Å²) in [6.07, 6.45) is 1.79. The lowest BCUT2D eigenvalue weighted by molar-refractivity contribution is -0.358. The van der Waals surface area contributed by atoms with Crippen molar-refractivity contribution in [3.05, 3.63) is 0 Å². The molecule has 6 fully saturated rings. The van der Waals surface area contributed by atoms with Gasteiger partial charge in [0.15, 0.2) is 0 Å². The van der Waals surface area contributed by atoms with Gasteiger partial charge >= 0.3 is 0 Å². The Bertz CT molecular complexity index is 829. The molecule has 0 aromatic carbocycles. The number of piperidine rings is 1. The Hall–Kier alpha value is -0.320. The number of aliphatic hydroxyl groups excluding tert-OH is 1. The second-order valence-corrected chi connectivity index (χ2v) is 12.0. The number of fused-ring (bicyclic) bond motifs is 2. The van der Waals surface area contributed by atoms with Gasteiger partial charge in [0.1, 0.15) is 16.8 Å². The van der Waals surface area contributed by atoms with Crippen molar-refractivity contribution in [2.24, 2.45) is 28.6 Å². The first kappa shape index (κ1) is 23.1. The molecular weight excluding hydrogens is 426 g/mol. The zero-order chi connectivity index (χ0) is 23.6. The molecule has 8 nitrogen and oxygen atoms in total. The van der Waals surface area contributed by atoms with E-state index < -0.39 is 40.5 Å². The molecule has 0 amide bonds. The SMILES string of the molecule is CCN1CC2(COC)CCC(O)C34C2C(OC)C(O)(C13)C1(O)CC(OC)C2CC4C1(OC)C2. The van der Waals surface area contributed by atoms with Gasteiger partial charge in [0.2, 0.25) is 0 Å². The van der Waals surface area contributed by atoms with Crippen LogP contribution < -0.4 is 0 Å². The maximum absolute atomic E-state index is 13.0. The van der Waals surface area contributed by atoms with Crippen molar-refractivity contribution in [2.75, 3.05) is 48.1 Å². The van der Waals surface area contributed by atoms with Gasteiger partial charge in [0.25, 0.3) is 0 Å². The Morgan fingerprint density at radius 3 is 2.42 bits per heavy atom. The fraction of sp³-hybridized carbons (Fsp3) is 1.00. The highest BCUT2D eigenvalue weighted by atomic mass is 16.5. The van der Waals surface area contributed by atoms with Gasteiger partial charge in [0.05, 0.1) is 31.0 Å². The monoisotopic (exact) mass is 467 g/mol. The predicted octanol–water partition coefficient (Wildman–Crippen LogP) is 0.415. The van der Waals surface area contributed by atoms with Crippen LogP contribution in [0.15, 0.2) is 0 Å². The van der Waals surface area contributed by atoms with Gasteiger partial charge in [-0.1, -0.05) is 6.92 Å². The topological polar surface area (TPSA) is 101 Å². The molecule has 5 saturated carbocycles. The number of ether oxygens (including phenoxy) is 4. The molecule has 12 unspecified atom stereocenters. The standard InChI is InChI=1S/C25H41NO7/c1-6-26-12-21(13-30-2)8-7-17(27)24-16-9-14-10-22(16,33-5)23(28,11-15(14)31-3)25(29,20(24)26)19(32-4)18(21)24/h14-20,27-29H,6-13H2,1-5H3. The van der Waals surface area contributed by atoms with Crippen LogP contribution in [0.4, 0.5) is 0 Å². The summed E-state index contributed by atoms with van der Waals surface area (Å²) in [6.45, 7) is 4.14. The highest BCUT2D eigenvalue weighted by Gasteiger charge is 2.94. The third-order valence-electron chi connectivity index (χ3n) is 11.6. The summed E-state index contributed by atoms with van der Waals surface area (Å²) >= 11 is 0. The first-order valence-electron chi connectivity index (χ1n) is 12.7. The second kappa shape index (κ2) is 6.91. The van der Waals surface area contributed by atoms with Gasteiger partial charge in [-0.2, -0.15) is 0 Å². The van der Waals surface area contributed by atoms with Gasteiger partial charge in [0, 0.05) is 64.1 Å². The minimum Gasteiger partial charge on any atom is -0.392 e. The Morgan fingerprint density at radius 2 is 1.82 bits per heavy atom. The minimum absolute atomic E-state index is 0.110. The molecule has 33 heavy (non-hydrogen) atoms. The summed E-state index contributed by atoms with van der Waals surface area (Å²) in [5, 5.41) is 37.8. The Labute approximate surface area is 196 Å². The number of rotatable bonds is 6. The average Bonchev–Trinajstić information content (AvgIpc) is 3.25. The van der Waals surface area contributed by atoms with Crippen molar-refractivity contribution in [1.29, 1.82) is 0 Å². The summed E-state index contributed by atoms with van der Waals surface area (Å²) in [5.41, 5.74) is -5.04. The number of hydrogen-bond donors (Lipinski definition) is 3. The molecule has 0 radical (unpaired) electrons. The molecular formula is C25H41NO7. The summed E-state index contributed by atoms with van der Waals surface area (Å²) < 4.78 is 24.3. The highest BCUT2D eigenvalue weighted by Crippen LogP contribution is 2.81. The van der Waals surface area contributed by atoms with Gasteiger partial charge in [-0.05, 0) is 38.1 Å². The summed E-state index contributed by atoms with van der Waals surface area (Å²) in [6, 6.07) is -0.419. The zero-order valence-electron chi connectivity index (χ0n) is 20.6. The van der Waals surface area contributed by atoms with E-state index in [1.807, 2.05) is 0 Å². The van der Waals surface area contributed by atoms with E-state index in [4.69, 9.17) is 18.9 Å². The maximum Gasteiger partial charge on any atom is 0.138 e. The first-order valence-corrected chi connectivity index (χ1v) is 12.7. The number of likely N-dealkylation sites (tertiary alicyclic amines) is 1. The molecule has 12 atom stereocenters. The van der Waals surface area contributed by atoms with E-state index in [1.54, 1.807) is 28.4 Å². The van der Waals surface area contributed by atoms with Crippen molar-refractivity contribution in [2.45, 2.75) is 80.2 Å². The molecule has 188 valence electrons. The van der Waals surface area contributed by atoms with Crippen molar-refractivity contribution >= 4 is 0 Å². The fourth-order valence-electron chi connectivity index (χ4n) is 11.0. The molecule has 7 bridgehead atoms. The van der Waals surface area contributed by atoms with Crippen molar-refractivity contribution in [1.82, 2.24) is 4.90 Å². The highest BCUT2D eigenvalue weighted by molar-refractivity contribution is 5.44.